The molecule has 1 aromatic carbocycles. The van der Waals surface area contributed by atoms with Gasteiger partial charge in [-0.05, 0) is 30.2 Å². The number of carboxylic acid groups (broad SMARTS) is 1. The summed E-state index contributed by atoms with van der Waals surface area (Å²) in [6.07, 6.45) is 0. The molecule has 0 amide bonds. The van der Waals surface area contributed by atoms with Crippen LogP contribution < -0.4 is 5.43 Å². The summed E-state index contributed by atoms with van der Waals surface area (Å²) < 4.78 is 7.00. The van der Waals surface area contributed by atoms with Gasteiger partial charge >= 0.3 is 5.97 Å². The highest BCUT2D eigenvalue weighted by Gasteiger charge is 2.18. The molecule has 0 bridgehead atoms. The smallest absolute Gasteiger partial charge is 0.352 e. The number of fused-ring (bicyclic) bond motifs is 2. The number of aryl methyl sites for hydroxylation is 1. The summed E-state index contributed by atoms with van der Waals surface area (Å²) in [5, 5.41) is 9.74. The summed E-state index contributed by atoms with van der Waals surface area (Å²) in [7, 11) is 0. The first-order chi connectivity index (χ1) is 9.11. The molecule has 0 unspecified atom stereocenters. The number of carboxylic acids is 1. The molecule has 19 heavy (non-hydrogen) atoms. The first-order valence-electron chi connectivity index (χ1n) is 6.12. The van der Waals surface area contributed by atoms with E-state index in [1.165, 1.54) is 6.07 Å². The Hall–Kier alpha value is -2.14. The summed E-state index contributed by atoms with van der Waals surface area (Å²) in [4.78, 5) is 23.3. The van der Waals surface area contributed by atoms with Gasteiger partial charge in [0.15, 0.2) is 5.43 Å². The number of hydrogen-bond donors (Lipinski definition) is 1. The molecule has 1 N–H and O–H groups in total. The molecule has 1 aromatic heterocycles. The second-order valence-corrected chi connectivity index (χ2v) is 4.57. The van der Waals surface area contributed by atoms with E-state index < -0.39 is 5.97 Å². The molecule has 1 aliphatic rings. The van der Waals surface area contributed by atoms with Gasteiger partial charge in [0.1, 0.15) is 5.69 Å². The Labute approximate surface area is 109 Å². The van der Waals surface area contributed by atoms with Crippen molar-refractivity contribution < 1.29 is 14.6 Å². The first kappa shape index (κ1) is 11.9. The molecule has 5 heteroatoms. The van der Waals surface area contributed by atoms with E-state index in [9.17, 15) is 14.7 Å². The fourth-order valence-corrected chi connectivity index (χ4v) is 2.56. The van der Waals surface area contributed by atoms with E-state index in [0.717, 1.165) is 11.1 Å². The van der Waals surface area contributed by atoms with Crippen molar-refractivity contribution in [2.75, 3.05) is 0 Å². The predicted octanol–water partition coefficient (Wildman–Crippen LogP) is 1.75. The highest BCUT2D eigenvalue weighted by atomic mass is 16.5. The maximum absolute atomic E-state index is 12.1. The molecule has 0 fully saturated rings. The van der Waals surface area contributed by atoms with Crippen LogP contribution in [0.15, 0.2) is 23.0 Å². The number of rotatable bonds is 2. The number of aromatic nitrogens is 1. The second-order valence-electron chi connectivity index (χ2n) is 4.57. The van der Waals surface area contributed by atoms with Crippen molar-refractivity contribution in [3.63, 3.8) is 0 Å². The van der Waals surface area contributed by atoms with Crippen molar-refractivity contribution in [3.8, 4) is 0 Å². The minimum absolute atomic E-state index is 0.0267. The van der Waals surface area contributed by atoms with Crippen LogP contribution in [-0.4, -0.2) is 15.6 Å². The number of benzene rings is 1. The van der Waals surface area contributed by atoms with Crippen LogP contribution in [0.5, 0.6) is 0 Å². The Morgan fingerprint density at radius 2 is 2.00 bits per heavy atom. The molecule has 0 radical (unpaired) electrons. The maximum Gasteiger partial charge on any atom is 0.352 e. The maximum atomic E-state index is 12.1. The van der Waals surface area contributed by atoms with Crippen LogP contribution >= 0.6 is 0 Å². The zero-order valence-corrected chi connectivity index (χ0v) is 10.5. The van der Waals surface area contributed by atoms with Crippen molar-refractivity contribution in [2.45, 2.75) is 26.7 Å². The minimum atomic E-state index is -1.09. The summed E-state index contributed by atoms with van der Waals surface area (Å²) in [6.45, 7) is 3.39. The zero-order chi connectivity index (χ0) is 13.6. The predicted molar refractivity (Wildman–Crippen MR) is 69.3 cm³/mol. The molecule has 0 spiro atoms. The first-order valence-corrected chi connectivity index (χ1v) is 6.12. The monoisotopic (exact) mass is 259 g/mol. The Balaban J connectivity index is 2.44. The van der Waals surface area contributed by atoms with E-state index in [4.69, 9.17) is 4.74 Å². The van der Waals surface area contributed by atoms with Gasteiger partial charge in [0.05, 0.1) is 18.7 Å². The van der Waals surface area contributed by atoms with Crippen molar-refractivity contribution in [3.05, 3.63) is 45.2 Å². The summed E-state index contributed by atoms with van der Waals surface area (Å²) in [5.41, 5.74) is 2.47. The summed E-state index contributed by atoms with van der Waals surface area (Å²) in [6, 6.07) is 4.88. The fourth-order valence-electron chi connectivity index (χ4n) is 2.56. The number of pyridine rings is 1. The second kappa shape index (κ2) is 4.20. The van der Waals surface area contributed by atoms with Gasteiger partial charge in [-0.3, -0.25) is 4.79 Å². The molecule has 0 saturated carbocycles. The van der Waals surface area contributed by atoms with Crippen LogP contribution in [-0.2, 0) is 24.5 Å². The summed E-state index contributed by atoms with van der Waals surface area (Å²) >= 11 is 0. The largest absolute Gasteiger partial charge is 0.477 e. The number of aromatic carboxylic acids is 1. The van der Waals surface area contributed by atoms with Crippen molar-refractivity contribution in [1.82, 2.24) is 4.57 Å². The van der Waals surface area contributed by atoms with E-state index >= 15 is 0 Å². The molecular weight excluding hydrogens is 246 g/mol. The highest BCUT2D eigenvalue weighted by Crippen LogP contribution is 2.25. The number of hydrogen-bond acceptors (Lipinski definition) is 3. The Morgan fingerprint density at radius 3 is 2.63 bits per heavy atom. The van der Waals surface area contributed by atoms with Crippen molar-refractivity contribution in [1.29, 1.82) is 0 Å². The fraction of sp³-hybridized carbons (Fsp3) is 0.286. The molecule has 98 valence electrons. The van der Waals surface area contributed by atoms with E-state index in [1.807, 2.05) is 19.1 Å². The van der Waals surface area contributed by atoms with Crippen LogP contribution in [0, 0.1) is 0 Å². The van der Waals surface area contributed by atoms with Gasteiger partial charge < -0.3 is 14.4 Å². The highest BCUT2D eigenvalue weighted by molar-refractivity contribution is 5.91. The van der Waals surface area contributed by atoms with E-state index in [0.29, 0.717) is 30.7 Å². The Bertz CT molecular complexity index is 745. The van der Waals surface area contributed by atoms with Crippen molar-refractivity contribution >= 4 is 16.9 Å². The number of carbonyl (C=O) groups is 1. The van der Waals surface area contributed by atoms with Gasteiger partial charge in [0.2, 0.25) is 0 Å². The third-order valence-electron chi connectivity index (χ3n) is 3.48. The van der Waals surface area contributed by atoms with Crippen LogP contribution in [0.3, 0.4) is 0 Å². The van der Waals surface area contributed by atoms with Gasteiger partial charge in [-0.25, -0.2) is 4.79 Å². The molecule has 0 aliphatic carbocycles. The van der Waals surface area contributed by atoms with Gasteiger partial charge in [-0.2, -0.15) is 0 Å². The van der Waals surface area contributed by atoms with Crippen molar-refractivity contribution in [2.24, 2.45) is 0 Å². The normalized spacial score (nSPS) is 13.7. The Morgan fingerprint density at radius 1 is 1.32 bits per heavy atom. The SMILES string of the molecule is CCn1c(C(=O)O)cc(=O)c2cc3c(cc21)COC3. The molecule has 2 aromatic rings. The summed E-state index contributed by atoms with van der Waals surface area (Å²) in [5.74, 6) is -1.09. The van der Waals surface area contributed by atoms with Gasteiger partial charge in [-0.1, -0.05) is 0 Å². The van der Waals surface area contributed by atoms with Gasteiger partial charge in [-0.15, -0.1) is 0 Å². The van der Waals surface area contributed by atoms with Gasteiger partial charge in [0, 0.05) is 18.0 Å². The average molecular weight is 259 g/mol. The molecule has 5 nitrogen and oxygen atoms in total. The quantitative estimate of drug-likeness (QED) is 0.892. The lowest BCUT2D eigenvalue weighted by atomic mass is 10.0. The molecule has 1 aliphatic heterocycles. The zero-order valence-electron chi connectivity index (χ0n) is 10.5. The lowest BCUT2D eigenvalue weighted by Crippen LogP contribution is -2.17. The third kappa shape index (κ3) is 1.74. The number of nitrogens with zero attached hydrogens (tertiary/aromatic N) is 1. The Kier molecular flexibility index (Phi) is 2.64. The van der Waals surface area contributed by atoms with E-state index in [2.05, 4.69) is 0 Å². The molecule has 0 atom stereocenters. The van der Waals surface area contributed by atoms with Gasteiger partial charge in [0.25, 0.3) is 0 Å². The molecule has 0 saturated heterocycles. The lowest BCUT2D eigenvalue weighted by molar-refractivity contribution is 0.0685. The molecule has 3 rings (SSSR count). The van der Waals surface area contributed by atoms with Crippen LogP contribution in [0.2, 0.25) is 0 Å². The standard InChI is InChI=1S/C14H13NO4/c1-2-15-11-4-9-7-19-6-8(9)3-10(11)13(16)5-12(15)14(17)18/h3-5H,2,6-7H2,1H3,(H,17,18). The number of ether oxygens (including phenoxy) is 1. The lowest BCUT2D eigenvalue weighted by Gasteiger charge is -2.13. The average Bonchev–Trinajstić information content (AvgIpc) is 2.83. The van der Waals surface area contributed by atoms with Crippen LogP contribution in [0.1, 0.15) is 28.5 Å². The topological polar surface area (TPSA) is 68.5 Å². The van der Waals surface area contributed by atoms with Crippen LogP contribution in [0.4, 0.5) is 0 Å². The van der Waals surface area contributed by atoms with Crippen LogP contribution in [0.25, 0.3) is 10.9 Å². The minimum Gasteiger partial charge on any atom is -0.477 e. The van der Waals surface area contributed by atoms with E-state index in [1.54, 1.807) is 4.57 Å². The molecule has 2 heterocycles. The van der Waals surface area contributed by atoms with E-state index in [-0.39, 0.29) is 11.1 Å². The molecular formula is C14H13NO4. The third-order valence-corrected chi connectivity index (χ3v) is 3.48.